The second-order valence-corrected chi connectivity index (χ2v) is 4.07. The van der Waals surface area contributed by atoms with Crippen LogP contribution in [-0.4, -0.2) is 5.11 Å². The molecule has 0 aromatic carbocycles. The van der Waals surface area contributed by atoms with Crippen LogP contribution in [0.2, 0.25) is 0 Å². The molecule has 2 heterocycles. The predicted octanol–water partition coefficient (Wildman–Crippen LogP) is 2.73. The molecule has 0 amide bonds. The Balaban J connectivity index is 2.28. The van der Waals surface area contributed by atoms with Crippen molar-refractivity contribution >= 4 is 11.3 Å². The Morgan fingerprint density at radius 1 is 1.46 bits per heavy atom. The first-order chi connectivity index (χ1) is 6.27. The number of hydrogen-bond acceptors (Lipinski definition) is 3. The van der Waals surface area contributed by atoms with E-state index in [0.29, 0.717) is 0 Å². The summed E-state index contributed by atoms with van der Waals surface area (Å²) in [5, 5.41) is 11.8. The monoisotopic (exact) mass is 194 g/mol. The zero-order valence-electron chi connectivity index (χ0n) is 7.23. The minimum absolute atomic E-state index is 0.552. The molecule has 1 N–H and O–H groups in total. The molecule has 0 aliphatic carbocycles. The summed E-state index contributed by atoms with van der Waals surface area (Å²) in [5.74, 6) is 0. The van der Waals surface area contributed by atoms with Gasteiger partial charge in [-0.2, -0.15) is 0 Å². The standard InChI is InChI=1S/C10H10O2S/c1-7-4-9(6-13-7)10(11)8-2-3-12-5-8/h2-6,10-11H,1H3. The smallest absolute Gasteiger partial charge is 0.108 e. The van der Waals surface area contributed by atoms with Crippen LogP contribution in [-0.2, 0) is 0 Å². The summed E-state index contributed by atoms with van der Waals surface area (Å²) in [6.45, 7) is 2.02. The van der Waals surface area contributed by atoms with Gasteiger partial charge in [0.1, 0.15) is 6.10 Å². The summed E-state index contributed by atoms with van der Waals surface area (Å²) >= 11 is 1.64. The van der Waals surface area contributed by atoms with Gasteiger partial charge in [-0.05, 0) is 30.0 Å². The van der Waals surface area contributed by atoms with Crippen LogP contribution in [0.1, 0.15) is 22.1 Å². The Kier molecular flexibility index (Phi) is 2.20. The van der Waals surface area contributed by atoms with E-state index in [1.54, 1.807) is 29.9 Å². The molecule has 0 saturated heterocycles. The van der Waals surface area contributed by atoms with Crippen molar-refractivity contribution in [3.63, 3.8) is 0 Å². The van der Waals surface area contributed by atoms with Crippen LogP contribution in [0, 0.1) is 6.92 Å². The van der Waals surface area contributed by atoms with Gasteiger partial charge in [-0.1, -0.05) is 0 Å². The van der Waals surface area contributed by atoms with E-state index in [1.807, 2.05) is 18.4 Å². The van der Waals surface area contributed by atoms with Crippen molar-refractivity contribution in [3.05, 3.63) is 46.0 Å². The first-order valence-electron chi connectivity index (χ1n) is 4.02. The fourth-order valence-electron chi connectivity index (χ4n) is 1.23. The molecule has 0 spiro atoms. The molecule has 68 valence electrons. The van der Waals surface area contributed by atoms with Gasteiger partial charge in [0.15, 0.2) is 0 Å². The molecule has 2 aromatic rings. The molecule has 0 radical (unpaired) electrons. The maximum absolute atomic E-state index is 9.84. The van der Waals surface area contributed by atoms with Crippen LogP contribution in [0.25, 0.3) is 0 Å². The topological polar surface area (TPSA) is 33.4 Å². The fourth-order valence-corrected chi connectivity index (χ4v) is 1.95. The number of rotatable bonds is 2. The Hall–Kier alpha value is -1.06. The highest BCUT2D eigenvalue weighted by atomic mass is 32.1. The van der Waals surface area contributed by atoms with Crippen LogP contribution in [0.15, 0.2) is 34.5 Å². The van der Waals surface area contributed by atoms with E-state index in [4.69, 9.17) is 4.42 Å². The quantitative estimate of drug-likeness (QED) is 0.797. The van der Waals surface area contributed by atoms with Crippen molar-refractivity contribution in [2.75, 3.05) is 0 Å². The Morgan fingerprint density at radius 3 is 2.85 bits per heavy atom. The SMILES string of the molecule is Cc1cc(C(O)c2ccoc2)cs1. The Labute approximate surface area is 80.4 Å². The van der Waals surface area contributed by atoms with Crippen LogP contribution in [0.5, 0.6) is 0 Å². The van der Waals surface area contributed by atoms with Crippen molar-refractivity contribution in [2.45, 2.75) is 13.0 Å². The van der Waals surface area contributed by atoms with Crippen LogP contribution < -0.4 is 0 Å². The zero-order valence-corrected chi connectivity index (χ0v) is 8.04. The maximum atomic E-state index is 9.84. The molecule has 1 atom stereocenters. The number of thiophene rings is 1. The molecule has 0 saturated carbocycles. The van der Waals surface area contributed by atoms with Crippen LogP contribution >= 0.6 is 11.3 Å². The minimum Gasteiger partial charge on any atom is -0.472 e. The molecular formula is C10H10O2S. The second kappa shape index (κ2) is 3.36. The lowest BCUT2D eigenvalue weighted by atomic mass is 10.1. The van der Waals surface area contributed by atoms with Gasteiger partial charge in [0.05, 0.1) is 12.5 Å². The summed E-state index contributed by atoms with van der Waals surface area (Å²) in [4.78, 5) is 1.21. The highest BCUT2D eigenvalue weighted by Crippen LogP contribution is 2.25. The van der Waals surface area contributed by atoms with Crippen molar-refractivity contribution in [3.8, 4) is 0 Å². The van der Waals surface area contributed by atoms with E-state index < -0.39 is 6.10 Å². The Morgan fingerprint density at radius 2 is 2.31 bits per heavy atom. The fraction of sp³-hybridized carbons (Fsp3) is 0.200. The van der Waals surface area contributed by atoms with Gasteiger partial charge in [0, 0.05) is 10.4 Å². The number of aliphatic hydroxyl groups is 1. The molecule has 0 bridgehead atoms. The number of hydrogen-bond donors (Lipinski definition) is 1. The molecule has 0 fully saturated rings. The molecular weight excluding hydrogens is 184 g/mol. The third-order valence-electron chi connectivity index (χ3n) is 1.93. The van der Waals surface area contributed by atoms with E-state index >= 15 is 0 Å². The van der Waals surface area contributed by atoms with E-state index in [0.717, 1.165) is 11.1 Å². The maximum Gasteiger partial charge on any atom is 0.108 e. The number of aliphatic hydroxyl groups excluding tert-OH is 1. The average molecular weight is 194 g/mol. The summed E-state index contributed by atoms with van der Waals surface area (Å²) in [6, 6.07) is 3.76. The van der Waals surface area contributed by atoms with E-state index in [1.165, 1.54) is 4.88 Å². The highest BCUT2D eigenvalue weighted by Gasteiger charge is 2.12. The summed E-state index contributed by atoms with van der Waals surface area (Å²) < 4.78 is 4.91. The van der Waals surface area contributed by atoms with Crippen molar-refractivity contribution in [1.82, 2.24) is 0 Å². The third-order valence-corrected chi connectivity index (χ3v) is 2.81. The van der Waals surface area contributed by atoms with Crippen molar-refractivity contribution in [2.24, 2.45) is 0 Å². The largest absolute Gasteiger partial charge is 0.472 e. The normalized spacial score (nSPS) is 13.1. The molecule has 3 heteroatoms. The molecule has 2 nitrogen and oxygen atoms in total. The Bertz CT molecular complexity index is 375. The van der Waals surface area contributed by atoms with Crippen LogP contribution in [0.3, 0.4) is 0 Å². The van der Waals surface area contributed by atoms with Gasteiger partial charge in [0.2, 0.25) is 0 Å². The zero-order chi connectivity index (χ0) is 9.26. The third kappa shape index (κ3) is 1.66. The van der Waals surface area contributed by atoms with Gasteiger partial charge in [-0.25, -0.2) is 0 Å². The first-order valence-corrected chi connectivity index (χ1v) is 4.90. The van der Waals surface area contributed by atoms with E-state index in [9.17, 15) is 5.11 Å². The van der Waals surface area contributed by atoms with Gasteiger partial charge < -0.3 is 9.52 Å². The molecule has 0 aliphatic rings. The molecule has 1 unspecified atom stereocenters. The predicted molar refractivity (Wildman–Crippen MR) is 51.8 cm³/mol. The average Bonchev–Trinajstić information content (AvgIpc) is 2.72. The van der Waals surface area contributed by atoms with Crippen molar-refractivity contribution < 1.29 is 9.52 Å². The summed E-state index contributed by atoms with van der Waals surface area (Å²) in [6.07, 6.45) is 2.58. The van der Waals surface area contributed by atoms with Gasteiger partial charge in [0.25, 0.3) is 0 Å². The van der Waals surface area contributed by atoms with E-state index in [2.05, 4.69) is 0 Å². The summed E-state index contributed by atoms with van der Waals surface area (Å²) in [7, 11) is 0. The molecule has 0 aliphatic heterocycles. The minimum atomic E-state index is -0.552. The van der Waals surface area contributed by atoms with Crippen molar-refractivity contribution in [1.29, 1.82) is 0 Å². The van der Waals surface area contributed by atoms with Gasteiger partial charge >= 0.3 is 0 Å². The molecule has 2 aromatic heterocycles. The summed E-state index contributed by atoms with van der Waals surface area (Å²) in [5.41, 5.74) is 1.74. The number of furan rings is 1. The van der Waals surface area contributed by atoms with Crippen LogP contribution in [0.4, 0.5) is 0 Å². The lowest BCUT2D eigenvalue weighted by Gasteiger charge is -2.04. The lowest BCUT2D eigenvalue weighted by Crippen LogP contribution is -1.95. The molecule has 13 heavy (non-hydrogen) atoms. The lowest BCUT2D eigenvalue weighted by molar-refractivity contribution is 0.219. The molecule has 2 rings (SSSR count). The first kappa shape index (κ1) is 8.53. The van der Waals surface area contributed by atoms with E-state index in [-0.39, 0.29) is 0 Å². The van der Waals surface area contributed by atoms with Gasteiger partial charge in [-0.15, -0.1) is 11.3 Å². The second-order valence-electron chi connectivity index (χ2n) is 2.95. The number of aryl methyl sites for hydroxylation is 1. The highest BCUT2D eigenvalue weighted by molar-refractivity contribution is 7.10. The van der Waals surface area contributed by atoms with Gasteiger partial charge in [-0.3, -0.25) is 0 Å².